The third kappa shape index (κ3) is 9.40. The first-order valence-corrected chi connectivity index (χ1v) is 6.04. The summed E-state index contributed by atoms with van der Waals surface area (Å²) in [5, 5.41) is 18.7. The van der Waals surface area contributed by atoms with E-state index in [9.17, 15) is 24.3 Å². The Hall–Kier alpha value is -1.16. The molecule has 8 nitrogen and oxygen atoms in total. The number of esters is 3. The topological polar surface area (TPSA) is 127 Å². The van der Waals surface area contributed by atoms with E-state index in [2.05, 4.69) is 4.74 Å². The predicted octanol–water partition coefficient (Wildman–Crippen LogP) is -1.44. The number of hydrogen-bond donors (Lipinski definition) is 2. The van der Waals surface area contributed by atoms with Crippen molar-refractivity contribution in [2.24, 2.45) is 0 Å². The van der Waals surface area contributed by atoms with Crippen LogP contribution in [0.3, 0.4) is 0 Å². The van der Waals surface area contributed by atoms with Crippen LogP contribution in [-0.4, -0.2) is 70.2 Å². The summed E-state index contributed by atoms with van der Waals surface area (Å²) in [4.78, 5) is 44.1. The van der Waals surface area contributed by atoms with Crippen molar-refractivity contribution in [2.75, 3.05) is 6.61 Å². The van der Waals surface area contributed by atoms with Crippen LogP contribution in [0.5, 0.6) is 0 Å². The molecule has 0 saturated carbocycles. The third-order valence-electron chi connectivity index (χ3n) is 2.29. The van der Waals surface area contributed by atoms with Crippen molar-refractivity contribution in [1.29, 1.82) is 0 Å². The van der Waals surface area contributed by atoms with Gasteiger partial charge in [-0.3, -0.25) is 14.4 Å². The third-order valence-corrected chi connectivity index (χ3v) is 2.29. The number of aliphatic hydroxyl groups is 1. The quantitative estimate of drug-likeness (QED) is 0.215. The van der Waals surface area contributed by atoms with Crippen molar-refractivity contribution in [3.8, 4) is 0 Å². The Balaban J connectivity index is 0. The number of carbonyl (C=O) groups is 4. The number of carboxylic acids is 1. The van der Waals surface area contributed by atoms with Crippen LogP contribution in [-0.2, 0) is 28.7 Å². The molecule has 0 fully saturated rings. The Morgan fingerprint density at radius 1 is 1.10 bits per heavy atom. The molecule has 0 radical (unpaired) electrons. The zero-order chi connectivity index (χ0) is 15.8. The van der Waals surface area contributed by atoms with E-state index in [0.717, 1.165) is 13.3 Å². The van der Waals surface area contributed by atoms with Crippen molar-refractivity contribution < 1.29 is 38.9 Å². The Bertz CT molecular complexity index is 395. The van der Waals surface area contributed by atoms with Crippen LogP contribution in [0.25, 0.3) is 0 Å². The molecule has 0 aromatic carbocycles. The molecule has 122 valence electrons. The average Bonchev–Trinajstić information content (AvgIpc) is 2.27. The summed E-state index contributed by atoms with van der Waals surface area (Å²) in [6, 6.07) is 0. The van der Waals surface area contributed by atoms with Crippen LogP contribution >= 0.6 is 0 Å². The van der Waals surface area contributed by atoms with E-state index < -0.39 is 42.3 Å². The van der Waals surface area contributed by atoms with E-state index in [-0.39, 0.29) is 30.5 Å². The van der Waals surface area contributed by atoms with Gasteiger partial charge in [0.15, 0.2) is 5.60 Å². The molecule has 0 aliphatic heterocycles. The van der Waals surface area contributed by atoms with Crippen LogP contribution < -0.4 is 0 Å². The van der Waals surface area contributed by atoms with Gasteiger partial charge in [-0.25, -0.2) is 4.79 Å². The van der Waals surface area contributed by atoms with E-state index in [1.807, 2.05) is 6.92 Å². The van der Waals surface area contributed by atoms with Crippen LogP contribution in [0, 0.1) is 0 Å². The zero-order valence-corrected chi connectivity index (χ0v) is 11.4. The van der Waals surface area contributed by atoms with Gasteiger partial charge in [-0.15, -0.1) is 0 Å². The van der Waals surface area contributed by atoms with E-state index in [1.54, 1.807) is 0 Å². The first kappa shape index (κ1) is 22.1. The fourth-order valence-corrected chi connectivity index (χ4v) is 1.27. The molecule has 0 heterocycles. The summed E-state index contributed by atoms with van der Waals surface area (Å²) in [7, 11) is 0. The van der Waals surface area contributed by atoms with E-state index in [1.165, 1.54) is 0 Å². The summed E-state index contributed by atoms with van der Waals surface area (Å²) < 4.78 is 8.83. The number of aliphatic carboxylic acids is 1. The van der Waals surface area contributed by atoms with Crippen LogP contribution in [0.1, 0.15) is 39.5 Å². The first-order valence-electron chi connectivity index (χ1n) is 6.04. The molecule has 0 aliphatic carbocycles. The van der Waals surface area contributed by atoms with Gasteiger partial charge in [-0.1, -0.05) is 13.3 Å². The van der Waals surface area contributed by atoms with Crippen molar-refractivity contribution in [2.45, 2.75) is 45.1 Å². The number of carboxylic acid groups (broad SMARTS) is 1. The van der Waals surface area contributed by atoms with E-state index in [4.69, 9.17) is 9.84 Å². The van der Waals surface area contributed by atoms with Gasteiger partial charge in [0.2, 0.25) is 0 Å². The minimum absolute atomic E-state index is 0. The monoisotopic (exact) mass is 414 g/mol. The summed E-state index contributed by atoms with van der Waals surface area (Å²) in [5.41, 5.74) is -2.66. The Morgan fingerprint density at radius 3 is 2.05 bits per heavy atom. The molecule has 0 bridgehead atoms. The molecule has 0 aromatic heterocycles. The Kier molecular flexibility index (Phi) is 11.1. The molecule has 0 amide bonds. The zero-order valence-electron chi connectivity index (χ0n) is 11.4. The van der Waals surface area contributed by atoms with Crippen LogP contribution in [0.15, 0.2) is 0 Å². The minimum atomic E-state index is -2.66. The molecule has 0 saturated heterocycles. The molecule has 9 heteroatoms. The van der Waals surface area contributed by atoms with Gasteiger partial charge >= 0.3 is 47.8 Å². The van der Waals surface area contributed by atoms with Crippen molar-refractivity contribution >= 4 is 47.8 Å². The number of rotatable bonds is 8. The van der Waals surface area contributed by atoms with Gasteiger partial charge in [-0.05, 0) is 6.42 Å². The molecule has 0 aromatic rings. The number of hydrogen-bond acceptors (Lipinski definition) is 7. The maximum absolute atomic E-state index is 11.4. The fourth-order valence-electron chi connectivity index (χ4n) is 1.27. The van der Waals surface area contributed by atoms with Crippen molar-refractivity contribution in [3.05, 3.63) is 0 Å². The summed E-state index contributed by atoms with van der Waals surface area (Å²) in [6.07, 6.45) is -0.547. The predicted molar refractivity (Wildman–Crippen MR) is 75.8 cm³/mol. The molecular weight excluding hydrogens is 391 g/mol. The van der Waals surface area contributed by atoms with E-state index >= 15 is 0 Å². The van der Waals surface area contributed by atoms with Gasteiger partial charge in [0.05, 0.1) is 19.4 Å². The SMILES string of the molecule is CCCCOC(=O)CC(O)(CC(=O)OC(C)=O)C(=O)O.[SnH4]. The maximum atomic E-state index is 11.4. The number of ether oxygens (including phenoxy) is 2. The van der Waals surface area contributed by atoms with Gasteiger partial charge in [-0.2, -0.15) is 0 Å². The van der Waals surface area contributed by atoms with Crippen LogP contribution in [0.4, 0.5) is 0 Å². The number of carbonyl (C=O) groups excluding carboxylic acids is 3. The second-order valence-corrected chi connectivity index (χ2v) is 4.23. The standard InChI is InChI=1S/C12H18O8.Sn.4H/c1-3-4-5-19-9(14)6-12(18,11(16)17)7-10(15)20-8(2)13;;;;;/h18H,3-7H2,1-2H3,(H,16,17);;;;;. The summed E-state index contributed by atoms with van der Waals surface area (Å²) >= 11 is 0. The van der Waals surface area contributed by atoms with Crippen LogP contribution in [0.2, 0.25) is 0 Å². The summed E-state index contributed by atoms with van der Waals surface area (Å²) in [6.45, 7) is 2.93. The normalized spacial score (nSPS) is 12.5. The molecule has 21 heavy (non-hydrogen) atoms. The van der Waals surface area contributed by atoms with Gasteiger partial charge < -0.3 is 19.7 Å². The average molecular weight is 413 g/mol. The molecule has 1 unspecified atom stereocenters. The van der Waals surface area contributed by atoms with E-state index in [0.29, 0.717) is 6.42 Å². The molecular formula is C12H22O8Sn. The first-order chi connectivity index (χ1) is 9.21. The molecule has 1 atom stereocenters. The van der Waals surface area contributed by atoms with Gasteiger partial charge in [0, 0.05) is 6.92 Å². The van der Waals surface area contributed by atoms with Crippen molar-refractivity contribution in [1.82, 2.24) is 0 Å². The van der Waals surface area contributed by atoms with Gasteiger partial charge in [0.25, 0.3) is 0 Å². The second kappa shape index (κ2) is 10.5. The Labute approximate surface area is 138 Å². The molecule has 0 aliphatic rings. The summed E-state index contributed by atoms with van der Waals surface area (Å²) in [5.74, 6) is -4.89. The van der Waals surface area contributed by atoms with Gasteiger partial charge in [0.1, 0.15) is 0 Å². The molecule has 0 spiro atoms. The Morgan fingerprint density at radius 2 is 1.62 bits per heavy atom. The van der Waals surface area contributed by atoms with Crippen molar-refractivity contribution in [3.63, 3.8) is 0 Å². The second-order valence-electron chi connectivity index (χ2n) is 4.23. The fraction of sp³-hybridized carbons (Fsp3) is 0.667. The molecule has 2 N–H and O–H groups in total. The molecule has 0 rings (SSSR count). The number of unbranched alkanes of at least 4 members (excludes halogenated alkanes) is 1.